The average Bonchev–Trinajstić information content (AvgIpc) is 2.89. The fourth-order valence-corrected chi connectivity index (χ4v) is 3.41. The van der Waals surface area contributed by atoms with Crippen molar-refractivity contribution >= 4 is 0 Å². The van der Waals surface area contributed by atoms with Crippen molar-refractivity contribution < 1.29 is 0 Å². The van der Waals surface area contributed by atoms with Gasteiger partial charge in [0.1, 0.15) is 5.82 Å². The summed E-state index contributed by atoms with van der Waals surface area (Å²) in [6.45, 7) is 7.62. The van der Waals surface area contributed by atoms with Gasteiger partial charge in [-0.05, 0) is 50.3 Å². The number of nitrogens with zero attached hydrogens (tertiary/aromatic N) is 3. The van der Waals surface area contributed by atoms with E-state index in [0.29, 0.717) is 0 Å². The van der Waals surface area contributed by atoms with Crippen LogP contribution in [0.2, 0.25) is 0 Å². The Balaban J connectivity index is 1.59. The Hall–Kier alpha value is -1.68. The van der Waals surface area contributed by atoms with Crippen LogP contribution in [0.4, 0.5) is 0 Å². The van der Waals surface area contributed by atoms with E-state index in [1.165, 1.54) is 42.9 Å². The van der Waals surface area contributed by atoms with E-state index in [4.69, 9.17) is 4.98 Å². The molecule has 1 aliphatic heterocycles. The maximum atomic E-state index is 4.72. The van der Waals surface area contributed by atoms with Crippen LogP contribution in [-0.2, 0) is 19.4 Å². The van der Waals surface area contributed by atoms with Gasteiger partial charge in [0.15, 0.2) is 0 Å². The van der Waals surface area contributed by atoms with E-state index in [9.17, 15) is 0 Å². The quantitative estimate of drug-likeness (QED) is 0.922. The van der Waals surface area contributed by atoms with Crippen molar-refractivity contribution in [3.8, 4) is 0 Å². The molecule has 0 aromatic carbocycles. The van der Waals surface area contributed by atoms with E-state index in [1.807, 2.05) is 18.5 Å². The molecule has 0 amide bonds. The molecule has 3 heterocycles. The lowest BCUT2D eigenvalue weighted by Gasteiger charge is -2.32. The van der Waals surface area contributed by atoms with Crippen molar-refractivity contribution in [1.82, 2.24) is 19.9 Å². The van der Waals surface area contributed by atoms with E-state index >= 15 is 0 Å². The van der Waals surface area contributed by atoms with Crippen molar-refractivity contribution in [2.24, 2.45) is 5.92 Å². The minimum Gasteiger partial charge on any atom is -0.346 e. The standard InChI is InChI=1S/C18H26N4/c1-3-18-20-14(2)17(21-18)13-22-9-5-7-16(12-22)10-15-6-4-8-19-11-15/h4,6,8,11,16H,3,5,7,9-10,12-13H2,1-2H3,(H,20,21)/t16-/m1/s1. The number of pyridine rings is 1. The van der Waals surface area contributed by atoms with Crippen molar-refractivity contribution in [3.05, 3.63) is 47.3 Å². The summed E-state index contributed by atoms with van der Waals surface area (Å²) in [5.74, 6) is 1.85. The highest BCUT2D eigenvalue weighted by Crippen LogP contribution is 2.22. The lowest BCUT2D eigenvalue weighted by Crippen LogP contribution is -2.36. The van der Waals surface area contributed by atoms with E-state index < -0.39 is 0 Å². The molecule has 1 fully saturated rings. The van der Waals surface area contributed by atoms with Gasteiger partial charge in [0.25, 0.3) is 0 Å². The van der Waals surface area contributed by atoms with Crippen LogP contribution in [0.3, 0.4) is 0 Å². The fourth-order valence-electron chi connectivity index (χ4n) is 3.41. The summed E-state index contributed by atoms with van der Waals surface area (Å²) >= 11 is 0. The number of piperidine rings is 1. The SMILES string of the molecule is CCc1nc(CN2CCC[C@H](Cc3cccnc3)C2)c(C)[nH]1. The zero-order valence-corrected chi connectivity index (χ0v) is 13.7. The lowest BCUT2D eigenvalue weighted by molar-refractivity contribution is 0.165. The highest BCUT2D eigenvalue weighted by molar-refractivity contribution is 5.13. The molecule has 0 unspecified atom stereocenters. The minimum absolute atomic E-state index is 0.739. The van der Waals surface area contributed by atoms with E-state index in [-0.39, 0.29) is 0 Å². The summed E-state index contributed by atoms with van der Waals surface area (Å²) in [7, 11) is 0. The summed E-state index contributed by atoms with van der Waals surface area (Å²) in [6, 6.07) is 4.23. The summed E-state index contributed by atoms with van der Waals surface area (Å²) in [5.41, 5.74) is 3.81. The number of likely N-dealkylation sites (tertiary alicyclic amines) is 1. The number of hydrogen-bond acceptors (Lipinski definition) is 3. The van der Waals surface area contributed by atoms with Crippen LogP contribution in [0.25, 0.3) is 0 Å². The monoisotopic (exact) mass is 298 g/mol. The Morgan fingerprint density at radius 1 is 1.41 bits per heavy atom. The van der Waals surface area contributed by atoms with E-state index in [0.717, 1.165) is 31.1 Å². The second kappa shape index (κ2) is 7.05. The number of aromatic amines is 1. The molecule has 2 aromatic heterocycles. The molecule has 0 bridgehead atoms. The number of imidazole rings is 1. The number of nitrogens with one attached hydrogen (secondary N) is 1. The van der Waals surface area contributed by atoms with Crippen LogP contribution in [0.15, 0.2) is 24.5 Å². The van der Waals surface area contributed by atoms with E-state index in [1.54, 1.807) is 0 Å². The number of aromatic nitrogens is 3. The molecule has 0 saturated carbocycles. The maximum absolute atomic E-state index is 4.72. The highest BCUT2D eigenvalue weighted by Gasteiger charge is 2.21. The zero-order valence-electron chi connectivity index (χ0n) is 13.7. The predicted octanol–water partition coefficient (Wildman–Crippen LogP) is 3.13. The zero-order chi connectivity index (χ0) is 15.4. The largest absolute Gasteiger partial charge is 0.346 e. The molecule has 1 saturated heterocycles. The molecule has 0 aliphatic carbocycles. The van der Waals surface area contributed by atoms with Crippen LogP contribution in [-0.4, -0.2) is 32.9 Å². The van der Waals surface area contributed by atoms with Crippen LogP contribution in [0.1, 0.15) is 42.5 Å². The molecule has 1 atom stereocenters. The summed E-state index contributed by atoms with van der Waals surface area (Å²) in [4.78, 5) is 14.9. The van der Waals surface area contributed by atoms with Crippen molar-refractivity contribution in [1.29, 1.82) is 0 Å². The Bertz CT molecular complexity index is 590. The van der Waals surface area contributed by atoms with Crippen LogP contribution in [0.5, 0.6) is 0 Å². The van der Waals surface area contributed by atoms with Gasteiger partial charge < -0.3 is 4.98 Å². The maximum Gasteiger partial charge on any atom is 0.106 e. The van der Waals surface area contributed by atoms with E-state index in [2.05, 4.69) is 34.8 Å². The van der Waals surface area contributed by atoms with Crippen molar-refractivity contribution in [3.63, 3.8) is 0 Å². The molecule has 3 rings (SSSR count). The molecular weight excluding hydrogens is 272 g/mol. The van der Waals surface area contributed by atoms with Gasteiger partial charge in [-0.25, -0.2) is 4.98 Å². The number of H-pyrrole nitrogens is 1. The van der Waals surface area contributed by atoms with Gasteiger partial charge in [-0.3, -0.25) is 9.88 Å². The summed E-state index contributed by atoms with van der Waals surface area (Å²) in [6.07, 6.45) is 8.58. The molecule has 118 valence electrons. The van der Waals surface area contributed by atoms with Crippen LogP contribution >= 0.6 is 0 Å². The topological polar surface area (TPSA) is 44.8 Å². The first-order valence-corrected chi connectivity index (χ1v) is 8.40. The van der Waals surface area contributed by atoms with Gasteiger partial charge in [-0.15, -0.1) is 0 Å². The van der Waals surface area contributed by atoms with Crippen molar-refractivity contribution in [2.45, 2.75) is 46.1 Å². The Kier molecular flexibility index (Phi) is 4.88. The van der Waals surface area contributed by atoms with Gasteiger partial charge in [0.05, 0.1) is 5.69 Å². The molecular formula is C18H26N4. The Labute approximate surface area is 133 Å². The first-order valence-electron chi connectivity index (χ1n) is 8.40. The Morgan fingerprint density at radius 2 is 2.32 bits per heavy atom. The van der Waals surface area contributed by atoms with Gasteiger partial charge in [0, 0.05) is 37.6 Å². The third-order valence-electron chi connectivity index (χ3n) is 4.59. The van der Waals surface area contributed by atoms with Crippen LogP contribution in [0, 0.1) is 12.8 Å². The molecule has 1 aliphatic rings. The molecule has 0 spiro atoms. The number of rotatable bonds is 5. The third-order valence-corrected chi connectivity index (χ3v) is 4.59. The highest BCUT2D eigenvalue weighted by atomic mass is 15.1. The van der Waals surface area contributed by atoms with Gasteiger partial charge in [-0.2, -0.15) is 0 Å². The predicted molar refractivity (Wildman–Crippen MR) is 88.6 cm³/mol. The summed E-state index contributed by atoms with van der Waals surface area (Å²) < 4.78 is 0. The molecule has 1 N–H and O–H groups in total. The summed E-state index contributed by atoms with van der Waals surface area (Å²) in [5, 5.41) is 0. The third kappa shape index (κ3) is 3.74. The smallest absolute Gasteiger partial charge is 0.106 e. The molecule has 2 aromatic rings. The molecule has 4 nitrogen and oxygen atoms in total. The molecule has 22 heavy (non-hydrogen) atoms. The van der Waals surface area contributed by atoms with Crippen molar-refractivity contribution in [2.75, 3.05) is 13.1 Å². The number of hydrogen-bond donors (Lipinski definition) is 1. The van der Waals surface area contributed by atoms with Gasteiger partial charge in [0.2, 0.25) is 0 Å². The lowest BCUT2D eigenvalue weighted by atomic mass is 9.92. The molecule has 4 heteroatoms. The molecule has 0 radical (unpaired) electrons. The van der Waals surface area contributed by atoms with Gasteiger partial charge in [-0.1, -0.05) is 13.0 Å². The normalized spacial score (nSPS) is 19.5. The number of aryl methyl sites for hydroxylation is 2. The minimum atomic E-state index is 0.739. The fraction of sp³-hybridized carbons (Fsp3) is 0.556. The Morgan fingerprint density at radius 3 is 3.05 bits per heavy atom. The second-order valence-corrected chi connectivity index (χ2v) is 6.42. The van der Waals surface area contributed by atoms with Gasteiger partial charge >= 0.3 is 0 Å². The van der Waals surface area contributed by atoms with Crippen LogP contribution < -0.4 is 0 Å². The average molecular weight is 298 g/mol. The second-order valence-electron chi connectivity index (χ2n) is 6.42. The first kappa shape index (κ1) is 15.2. The first-order chi connectivity index (χ1) is 10.7.